The second-order valence-electron chi connectivity index (χ2n) is 4.86. The summed E-state index contributed by atoms with van der Waals surface area (Å²) < 4.78 is 7.00. The van der Waals surface area contributed by atoms with E-state index < -0.39 is 0 Å². The molecule has 3 N–H and O–H groups in total. The molecule has 2 rings (SSSR count). The number of hydrogen-bond donors (Lipinski definition) is 2. The highest BCUT2D eigenvalue weighted by molar-refractivity contribution is 7.99. The van der Waals surface area contributed by atoms with Gasteiger partial charge in [0.1, 0.15) is 0 Å². The summed E-state index contributed by atoms with van der Waals surface area (Å²) in [6.45, 7) is 2.31. The van der Waals surface area contributed by atoms with Crippen molar-refractivity contribution in [2.45, 2.75) is 18.6 Å². The van der Waals surface area contributed by atoms with Crippen molar-refractivity contribution in [1.82, 2.24) is 20.1 Å². The highest BCUT2D eigenvalue weighted by Gasteiger charge is 2.32. The molecule has 0 bridgehead atoms. The molecule has 2 atom stereocenters. The minimum atomic E-state index is -0.0420. The van der Waals surface area contributed by atoms with Gasteiger partial charge in [-0.25, -0.2) is 5.43 Å². The van der Waals surface area contributed by atoms with Gasteiger partial charge in [0.05, 0.1) is 36.1 Å². The van der Waals surface area contributed by atoms with Crippen molar-refractivity contribution < 1.29 is 4.74 Å². The van der Waals surface area contributed by atoms with Crippen molar-refractivity contribution in [3.05, 3.63) is 16.9 Å². The molecule has 2 heterocycles. The number of ether oxygens (including phenoxy) is 1. The van der Waals surface area contributed by atoms with Crippen LogP contribution >= 0.6 is 23.4 Å². The van der Waals surface area contributed by atoms with Gasteiger partial charge in [-0.05, 0) is 7.05 Å². The minimum absolute atomic E-state index is 0.0420. The molecule has 114 valence electrons. The van der Waals surface area contributed by atoms with E-state index in [2.05, 4.69) is 22.5 Å². The molecule has 0 saturated carbocycles. The number of aromatic nitrogens is 2. The lowest BCUT2D eigenvalue weighted by Crippen LogP contribution is -2.50. The Labute approximate surface area is 128 Å². The Kier molecular flexibility index (Phi) is 6.13. The second kappa shape index (κ2) is 7.63. The molecule has 1 aliphatic heterocycles. The fraction of sp³-hybridized carbons (Fsp3) is 0.750. The molecule has 1 aromatic rings. The van der Waals surface area contributed by atoms with Gasteiger partial charge in [-0.3, -0.25) is 15.4 Å². The Hall–Kier alpha value is -0.310. The number of methoxy groups -OCH3 is 1. The summed E-state index contributed by atoms with van der Waals surface area (Å²) in [6, 6.07) is 0.258. The number of likely N-dealkylation sites (N-methyl/N-ethyl adjacent to an activating group) is 1. The third-order valence-corrected chi connectivity index (χ3v) is 4.98. The fourth-order valence-electron chi connectivity index (χ4n) is 2.47. The van der Waals surface area contributed by atoms with Crippen molar-refractivity contribution in [2.75, 3.05) is 38.8 Å². The van der Waals surface area contributed by atoms with E-state index in [4.69, 9.17) is 22.2 Å². The zero-order chi connectivity index (χ0) is 14.5. The summed E-state index contributed by atoms with van der Waals surface area (Å²) in [4.78, 5) is 2.32. The third-order valence-electron chi connectivity index (χ3n) is 3.64. The maximum absolute atomic E-state index is 6.32. The molecular formula is C12H22ClN5OS. The van der Waals surface area contributed by atoms with Gasteiger partial charge in [-0.2, -0.15) is 16.9 Å². The largest absolute Gasteiger partial charge is 0.383 e. The molecule has 1 saturated heterocycles. The van der Waals surface area contributed by atoms with Gasteiger partial charge < -0.3 is 4.74 Å². The average molecular weight is 320 g/mol. The summed E-state index contributed by atoms with van der Waals surface area (Å²) in [7, 11) is 3.80. The van der Waals surface area contributed by atoms with Gasteiger partial charge in [-0.1, -0.05) is 11.6 Å². The van der Waals surface area contributed by atoms with Crippen LogP contribution < -0.4 is 11.3 Å². The van der Waals surface area contributed by atoms with Gasteiger partial charge >= 0.3 is 0 Å². The summed E-state index contributed by atoms with van der Waals surface area (Å²) in [6.07, 6.45) is 1.67. The molecule has 8 heteroatoms. The van der Waals surface area contributed by atoms with E-state index in [1.807, 2.05) is 16.4 Å². The van der Waals surface area contributed by atoms with Crippen LogP contribution in [0.15, 0.2) is 6.20 Å². The Morgan fingerprint density at radius 2 is 2.50 bits per heavy atom. The number of halogens is 1. The van der Waals surface area contributed by atoms with E-state index in [0.717, 1.165) is 23.7 Å². The summed E-state index contributed by atoms with van der Waals surface area (Å²) in [5.41, 5.74) is 3.86. The molecule has 0 spiro atoms. The van der Waals surface area contributed by atoms with E-state index in [0.29, 0.717) is 24.2 Å². The normalized spacial score (nSPS) is 22.1. The molecule has 2 unspecified atom stereocenters. The number of hydrazine groups is 1. The number of rotatable bonds is 6. The maximum atomic E-state index is 6.32. The van der Waals surface area contributed by atoms with E-state index in [1.54, 1.807) is 13.3 Å². The van der Waals surface area contributed by atoms with Crippen LogP contribution in [0.5, 0.6) is 0 Å². The van der Waals surface area contributed by atoms with E-state index in [-0.39, 0.29) is 6.04 Å². The molecule has 1 aromatic heterocycles. The number of hydrogen-bond acceptors (Lipinski definition) is 6. The first-order valence-corrected chi connectivity index (χ1v) is 8.16. The topological polar surface area (TPSA) is 68.3 Å². The Balaban J connectivity index is 2.23. The molecule has 20 heavy (non-hydrogen) atoms. The van der Waals surface area contributed by atoms with Gasteiger partial charge in [0, 0.05) is 31.2 Å². The van der Waals surface area contributed by atoms with Crippen LogP contribution in [0.3, 0.4) is 0 Å². The Morgan fingerprint density at radius 3 is 3.15 bits per heavy atom. The van der Waals surface area contributed by atoms with Crippen molar-refractivity contribution >= 4 is 23.4 Å². The van der Waals surface area contributed by atoms with Crippen molar-refractivity contribution in [3.8, 4) is 0 Å². The van der Waals surface area contributed by atoms with Crippen molar-refractivity contribution in [3.63, 3.8) is 0 Å². The van der Waals surface area contributed by atoms with E-state index in [9.17, 15) is 0 Å². The van der Waals surface area contributed by atoms with Crippen molar-refractivity contribution in [2.24, 2.45) is 5.84 Å². The minimum Gasteiger partial charge on any atom is -0.383 e. The van der Waals surface area contributed by atoms with Crippen LogP contribution in [0.25, 0.3) is 0 Å². The SMILES string of the molecule is COCCn1ncc(Cl)c1C(NN)C1CSCCN1C. The third kappa shape index (κ3) is 3.47. The van der Waals surface area contributed by atoms with Crippen LogP contribution in [0.4, 0.5) is 0 Å². The molecule has 0 amide bonds. The first-order valence-electron chi connectivity index (χ1n) is 6.63. The smallest absolute Gasteiger partial charge is 0.0835 e. The second-order valence-corrected chi connectivity index (χ2v) is 6.42. The predicted octanol–water partition coefficient (Wildman–Crippen LogP) is 0.735. The zero-order valence-corrected chi connectivity index (χ0v) is 13.5. The van der Waals surface area contributed by atoms with E-state index in [1.165, 1.54) is 0 Å². The lowest BCUT2D eigenvalue weighted by atomic mass is 10.1. The van der Waals surface area contributed by atoms with Crippen LogP contribution in [0.2, 0.25) is 5.02 Å². The average Bonchev–Trinajstić information content (AvgIpc) is 2.81. The van der Waals surface area contributed by atoms with Gasteiger partial charge in [-0.15, -0.1) is 0 Å². The number of nitrogens with zero attached hydrogens (tertiary/aromatic N) is 3. The maximum Gasteiger partial charge on any atom is 0.0835 e. The van der Waals surface area contributed by atoms with Crippen LogP contribution in [0.1, 0.15) is 11.7 Å². The molecule has 0 aliphatic carbocycles. The molecular weight excluding hydrogens is 298 g/mol. The molecule has 0 aromatic carbocycles. The van der Waals surface area contributed by atoms with Gasteiger partial charge in [0.25, 0.3) is 0 Å². The van der Waals surface area contributed by atoms with Crippen molar-refractivity contribution in [1.29, 1.82) is 0 Å². The summed E-state index contributed by atoms with van der Waals surface area (Å²) in [5, 5.41) is 4.97. The molecule has 6 nitrogen and oxygen atoms in total. The molecule has 0 radical (unpaired) electrons. The lowest BCUT2D eigenvalue weighted by molar-refractivity contribution is 0.176. The molecule has 1 aliphatic rings. The first-order chi connectivity index (χ1) is 9.69. The Bertz CT molecular complexity index is 430. The van der Waals surface area contributed by atoms with Crippen LogP contribution in [0, 0.1) is 0 Å². The highest BCUT2D eigenvalue weighted by Crippen LogP contribution is 2.30. The number of thioether (sulfide) groups is 1. The molecule has 1 fully saturated rings. The first kappa shape index (κ1) is 16.1. The van der Waals surface area contributed by atoms with Crippen LogP contribution in [-0.2, 0) is 11.3 Å². The Morgan fingerprint density at radius 1 is 1.70 bits per heavy atom. The lowest BCUT2D eigenvalue weighted by Gasteiger charge is -2.37. The quantitative estimate of drug-likeness (QED) is 0.595. The predicted molar refractivity (Wildman–Crippen MR) is 82.9 cm³/mol. The highest BCUT2D eigenvalue weighted by atomic mass is 35.5. The monoisotopic (exact) mass is 319 g/mol. The zero-order valence-electron chi connectivity index (χ0n) is 11.9. The summed E-state index contributed by atoms with van der Waals surface area (Å²) >= 11 is 8.26. The standard InChI is InChI=1S/C12H22ClN5OS/c1-17-4-6-20-8-10(17)11(16-14)12-9(13)7-15-18(12)3-5-19-2/h7,10-11,16H,3-6,8,14H2,1-2H3. The number of nitrogens with two attached hydrogens (primary N) is 1. The fourth-order valence-corrected chi connectivity index (χ4v) is 4.00. The number of nitrogens with one attached hydrogen (secondary N) is 1. The van der Waals surface area contributed by atoms with E-state index >= 15 is 0 Å². The summed E-state index contributed by atoms with van der Waals surface area (Å²) in [5.74, 6) is 7.99. The van der Waals surface area contributed by atoms with Gasteiger partial charge in [0.15, 0.2) is 0 Å². The van der Waals surface area contributed by atoms with Crippen LogP contribution in [-0.4, -0.2) is 59.5 Å². The van der Waals surface area contributed by atoms with Gasteiger partial charge in [0.2, 0.25) is 0 Å².